The molecule has 34 heavy (non-hydrogen) atoms. The summed E-state index contributed by atoms with van der Waals surface area (Å²) in [6.07, 6.45) is 7.09. The summed E-state index contributed by atoms with van der Waals surface area (Å²) in [4.78, 5) is 40.4. The molecule has 1 amide bonds. The predicted octanol–water partition coefficient (Wildman–Crippen LogP) is 2.03. The molecule has 0 radical (unpaired) electrons. The van der Waals surface area contributed by atoms with E-state index < -0.39 is 34.5 Å². The fourth-order valence-corrected chi connectivity index (χ4v) is 6.41. The number of hydrogen-bond donors (Lipinski definition) is 1. The quantitative estimate of drug-likeness (QED) is 0.579. The van der Waals surface area contributed by atoms with Gasteiger partial charge in [-0.3, -0.25) is 4.79 Å². The zero-order valence-corrected chi connectivity index (χ0v) is 20.5. The molecule has 3 aliphatic rings. The Morgan fingerprint density at radius 3 is 2.82 bits per heavy atom. The minimum Gasteiger partial charge on any atom is -0.462 e. The Bertz CT molecular complexity index is 1230. The Morgan fingerprint density at radius 2 is 2.06 bits per heavy atom. The van der Waals surface area contributed by atoms with Crippen LogP contribution in [0, 0.1) is 5.92 Å². The number of nitrogens with one attached hydrogen (secondary N) is 1. The minimum atomic E-state index is -3.67. The van der Waals surface area contributed by atoms with Gasteiger partial charge in [-0.15, -0.1) is 15.7 Å². The number of sulfonamides is 1. The minimum absolute atomic E-state index is 0.0243. The zero-order chi connectivity index (χ0) is 24.5. The van der Waals surface area contributed by atoms with Gasteiger partial charge in [0.2, 0.25) is 0 Å². The lowest BCUT2D eigenvalue weighted by Crippen LogP contribution is -2.40. The van der Waals surface area contributed by atoms with Gasteiger partial charge in [-0.05, 0) is 49.8 Å². The van der Waals surface area contributed by atoms with E-state index in [9.17, 15) is 22.8 Å². The van der Waals surface area contributed by atoms with Crippen LogP contribution in [0.2, 0.25) is 0 Å². The van der Waals surface area contributed by atoms with Crippen molar-refractivity contribution in [2.75, 3.05) is 30.8 Å². The molecule has 0 bridgehead atoms. The number of hydrogen-bond acceptors (Lipinski definition) is 9. The standard InChI is InChI=1S/C22H25N3O7S2/c1-3-31-22(28)18-14-7-6-13(2)11-16(14)33-20(18)23-17(26)12-32-21(27)15-5-4-8-25-9-10-34(29,30)24-19(15)25/h4-5,8,13H,3,6-7,9-12H2,1-2H3,(H,23,26). The molecule has 1 aliphatic carbocycles. The average Bonchev–Trinajstić information content (AvgIpc) is 3.13. The summed E-state index contributed by atoms with van der Waals surface area (Å²) in [5.41, 5.74) is 1.22. The first-order valence-corrected chi connectivity index (χ1v) is 13.4. The zero-order valence-electron chi connectivity index (χ0n) is 18.8. The van der Waals surface area contributed by atoms with Crippen molar-refractivity contribution in [3.05, 3.63) is 39.9 Å². The van der Waals surface area contributed by atoms with Gasteiger partial charge in [0.1, 0.15) is 10.6 Å². The number of carbonyl (C=O) groups excluding carboxylic acids is 3. The largest absolute Gasteiger partial charge is 0.462 e. The number of anilines is 1. The highest BCUT2D eigenvalue weighted by Crippen LogP contribution is 2.40. The van der Waals surface area contributed by atoms with Gasteiger partial charge in [-0.25, -0.2) is 18.0 Å². The summed E-state index contributed by atoms with van der Waals surface area (Å²) in [5, 5.41) is 3.06. The molecule has 10 nitrogen and oxygen atoms in total. The maximum Gasteiger partial charge on any atom is 0.342 e. The van der Waals surface area contributed by atoms with Gasteiger partial charge in [-0.2, -0.15) is 0 Å². The van der Waals surface area contributed by atoms with E-state index >= 15 is 0 Å². The van der Waals surface area contributed by atoms with Crippen molar-refractivity contribution in [1.82, 2.24) is 4.90 Å². The van der Waals surface area contributed by atoms with Crippen molar-refractivity contribution in [1.29, 1.82) is 0 Å². The number of allylic oxidation sites excluding steroid dienone is 2. The number of amides is 1. The lowest BCUT2D eigenvalue weighted by molar-refractivity contribution is -0.142. The van der Waals surface area contributed by atoms with Crippen LogP contribution in [-0.4, -0.2) is 62.5 Å². The molecule has 4 rings (SSSR count). The number of carbonyl (C=O) groups is 3. The van der Waals surface area contributed by atoms with E-state index in [4.69, 9.17) is 9.47 Å². The maximum absolute atomic E-state index is 12.6. The summed E-state index contributed by atoms with van der Waals surface area (Å²) in [6.45, 7) is 3.63. The number of thiophene rings is 1. The SMILES string of the molecule is CCOC(=O)c1c(NC(=O)COC(=O)C2=CC=CN3CCS(=O)(=O)N=C23)sc2c1CCC(C)C2. The van der Waals surface area contributed by atoms with Gasteiger partial charge in [0, 0.05) is 17.6 Å². The highest BCUT2D eigenvalue weighted by atomic mass is 32.2. The molecule has 3 heterocycles. The van der Waals surface area contributed by atoms with Crippen LogP contribution in [0.5, 0.6) is 0 Å². The summed E-state index contributed by atoms with van der Waals surface area (Å²) < 4.78 is 37.7. The van der Waals surface area contributed by atoms with Gasteiger partial charge >= 0.3 is 11.9 Å². The predicted molar refractivity (Wildman–Crippen MR) is 126 cm³/mol. The molecule has 1 aromatic rings. The van der Waals surface area contributed by atoms with Crippen molar-refractivity contribution in [2.45, 2.75) is 33.1 Å². The van der Waals surface area contributed by atoms with Crippen molar-refractivity contribution < 1.29 is 32.3 Å². The topological polar surface area (TPSA) is 131 Å². The highest BCUT2D eigenvalue weighted by Gasteiger charge is 2.32. The fraction of sp³-hybridized carbons (Fsp3) is 0.455. The third-order valence-corrected chi connectivity index (χ3v) is 7.98. The lowest BCUT2D eigenvalue weighted by atomic mass is 9.88. The van der Waals surface area contributed by atoms with E-state index in [2.05, 4.69) is 16.6 Å². The Balaban J connectivity index is 1.46. The first-order chi connectivity index (χ1) is 16.2. The highest BCUT2D eigenvalue weighted by molar-refractivity contribution is 7.90. The van der Waals surface area contributed by atoms with Crippen LogP contribution in [0.25, 0.3) is 0 Å². The van der Waals surface area contributed by atoms with Crippen molar-refractivity contribution >= 4 is 50.0 Å². The van der Waals surface area contributed by atoms with Crippen LogP contribution in [0.4, 0.5) is 5.00 Å². The molecular weight excluding hydrogens is 482 g/mol. The van der Waals surface area contributed by atoms with E-state index in [-0.39, 0.29) is 30.3 Å². The van der Waals surface area contributed by atoms with Crippen LogP contribution in [0.3, 0.4) is 0 Å². The van der Waals surface area contributed by atoms with Crippen LogP contribution in [-0.2, 0) is 41.9 Å². The Kier molecular flexibility index (Phi) is 6.89. The Hall–Kier alpha value is -2.99. The molecule has 1 N–H and O–H groups in total. The second-order valence-electron chi connectivity index (χ2n) is 8.22. The third-order valence-electron chi connectivity index (χ3n) is 5.66. The van der Waals surface area contributed by atoms with Crippen LogP contribution >= 0.6 is 11.3 Å². The summed E-state index contributed by atoms with van der Waals surface area (Å²) >= 11 is 1.34. The molecule has 0 saturated carbocycles. The van der Waals surface area contributed by atoms with E-state index in [1.165, 1.54) is 17.4 Å². The molecule has 0 aromatic carbocycles. The molecule has 0 spiro atoms. The van der Waals surface area contributed by atoms with E-state index in [1.807, 2.05) is 0 Å². The Morgan fingerprint density at radius 1 is 1.26 bits per heavy atom. The smallest absolute Gasteiger partial charge is 0.342 e. The molecule has 0 saturated heterocycles. The molecule has 1 aromatic heterocycles. The molecule has 12 heteroatoms. The van der Waals surface area contributed by atoms with Crippen molar-refractivity contribution in [2.24, 2.45) is 10.3 Å². The van der Waals surface area contributed by atoms with E-state index in [1.54, 1.807) is 24.1 Å². The number of amidine groups is 1. The van der Waals surface area contributed by atoms with Crippen LogP contribution < -0.4 is 5.32 Å². The molecular formula is C22H25N3O7S2. The summed E-state index contributed by atoms with van der Waals surface area (Å²) in [5.74, 6) is -1.67. The molecule has 2 aliphatic heterocycles. The first-order valence-electron chi connectivity index (χ1n) is 10.9. The number of fused-ring (bicyclic) bond motifs is 2. The summed E-state index contributed by atoms with van der Waals surface area (Å²) in [6, 6.07) is 0. The normalized spacial score (nSPS) is 20.4. The van der Waals surface area contributed by atoms with Gasteiger partial charge < -0.3 is 19.7 Å². The van der Waals surface area contributed by atoms with Crippen LogP contribution in [0.1, 0.15) is 41.1 Å². The monoisotopic (exact) mass is 507 g/mol. The lowest BCUT2D eigenvalue weighted by Gasteiger charge is -2.28. The van der Waals surface area contributed by atoms with E-state index in [0.29, 0.717) is 16.5 Å². The van der Waals surface area contributed by atoms with Gasteiger partial charge in [-0.1, -0.05) is 6.92 Å². The number of esters is 2. The van der Waals surface area contributed by atoms with Gasteiger partial charge in [0.25, 0.3) is 15.9 Å². The molecule has 1 unspecified atom stereocenters. The first kappa shape index (κ1) is 24.1. The number of ether oxygens (including phenoxy) is 2. The molecule has 1 atom stereocenters. The Labute approximate surface area is 201 Å². The number of nitrogens with zero attached hydrogens (tertiary/aromatic N) is 2. The number of rotatable bonds is 6. The van der Waals surface area contributed by atoms with Crippen LogP contribution in [0.15, 0.2) is 28.3 Å². The molecule has 0 fully saturated rings. The molecule has 182 valence electrons. The van der Waals surface area contributed by atoms with Gasteiger partial charge in [0.15, 0.2) is 12.4 Å². The fourth-order valence-electron chi connectivity index (χ4n) is 4.01. The van der Waals surface area contributed by atoms with Crippen molar-refractivity contribution in [3.63, 3.8) is 0 Å². The summed E-state index contributed by atoms with van der Waals surface area (Å²) in [7, 11) is -3.67. The average molecular weight is 508 g/mol. The van der Waals surface area contributed by atoms with E-state index in [0.717, 1.165) is 29.7 Å². The second-order valence-corrected chi connectivity index (χ2v) is 11.1. The maximum atomic E-state index is 12.6. The van der Waals surface area contributed by atoms with Gasteiger partial charge in [0.05, 0.1) is 17.9 Å². The third kappa shape index (κ3) is 5.07. The van der Waals surface area contributed by atoms with Crippen molar-refractivity contribution in [3.8, 4) is 0 Å². The second kappa shape index (κ2) is 9.71.